The molecular formula is C14H7BrF3NO. The molecule has 0 N–H and O–H groups in total. The second-order valence-corrected chi connectivity index (χ2v) is 4.80. The number of nitriles is 1. The van der Waals surface area contributed by atoms with Gasteiger partial charge in [-0.25, -0.2) is 0 Å². The minimum absolute atomic E-state index is 0.0820. The van der Waals surface area contributed by atoms with Crippen LogP contribution in [0.3, 0.4) is 0 Å². The summed E-state index contributed by atoms with van der Waals surface area (Å²) in [6, 6.07) is 11.3. The molecule has 0 atom stereocenters. The van der Waals surface area contributed by atoms with Crippen LogP contribution in [0.1, 0.15) is 11.1 Å². The first-order valence-corrected chi connectivity index (χ1v) is 6.24. The Labute approximate surface area is 121 Å². The molecule has 2 aromatic rings. The minimum Gasteiger partial charge on any atom is -0.456 e. The molecule has 0 amide bonds. The number of rotatable bonds is 2. The van der Waals surface area contributed by atoms with Gasteiger partial charge in [0, 0.05) is 4.47 Å². The first-order valence-electron chi connectivity index (χ1n) is 5.45. The van der Waals surface area contributed by atoms with Crippen LogP contribution in [0.5, 0.6) is 11.5 Å². The van der Waals surface area contributed by atoms with E-state index in [1.54, 1.807) is 30.3 Å². The zero-order valence-corrected chi connectivity index (χ0v) is 11.5. The highest BCUT2D eigenvalue weighted by Gasteiger charge is 2.31. The Kier molecular flexibility index (Phi) is 4.00. The Balaban J connectivity index is 2.36. The van der Waals surface area contributed by atoms with Gasteiger partial charge in [0.2, 0.25) is 0 Å². The van der Waals surface area contributed by atoms with Crippen molar-refractivity contribution in [3.63, 3.8) is 0 Å². The van der Waals surface area contributed by atoms with Gasteiger partial charge in [-0.05, 0) is 36.4 Å². The van der Waals surface area contributed by atoms with Crippen LogP contribution in [-0.4, -0.2) is 0 Å². The highest BCUT2D eigenvalue weighted by Crippen LogP contribution is 2.34. The monoisotopic (exact) mass is 341 g/mol. The van der Waals surface area contributed by atoms with Crippen molar-refractivity contribution in [2.75, 3.05) is 0 Å². The molecule has 0 fully saturated rings. The molecule has 0 spiro atoms. The Hall–Kier alpha value is -2.00. The fourth-order valence-electron chi connectivity index (χ4n) is 1.54. The van der Waals surface area contributed by atoms with E-state index < -0.39 is 11.7 Å². The number of benzene rings is 2. The lowest BCUT2D eigenvalue weighted by Gasteiger charge is -2.11. The van der Waals surface area contributed by atoms with Crippen LogP contribution in [0, 0.1) is 11.3 Å². The standard InChI is InChI=1S/C14H7BrF3NO/c15-11-2-1-3-12(7-11)20-13-5-4-10(14(16,17)18)6-9(13)8-19/h1-7H. The third-order valence-electron chi connectivity index (χ3n) is 2.45. The molecule has 0 aliphatic rings. The molecule has 2 nitrogen and oxygen atoms in total. The second-order valence-electron chi connectivity index (χ2n) is 3.88. The van der Waals surface area contributed by atoms with E-state index in [0.29, 0.717) is 5.75 Å². The van der Waals surface area contributed by atoms with Crippen LogP contribution in [0.4, 0.5) is 13.2 Å². The summed E-state index contributed by atoms with van der Waals surface area (Å²) < 4.78 is 43.9. The summed E-state index contributed by atoms with van der Waals surface area (Å²) in [6.45, 7) is 0. The maximum atomic E-state index is 12.6. The van der Waals surface area contributed by atoms with Crippen molar-refractivity contribution in [3.05, 3.63) is 58.1 Å². The first-order chi connectivity index (χ1) is 9.40. The Morgan fingerprint density at radius 1 is 1.10 bits per heavy atom. The fraction of sp³-hybridized carbons (Fsp3) is 0.0714. The number of halogens is 4. The molecule has 0 saturated heterocycles. The van der Waals surface area contributed by atoms with Crippen molar-refractivity contribution in [2.24, 2.45) is 0 Å². The van der Waals surface area contributed by atoms with Crippen molar-refractivity contribution < 1.29 is 17.9 Å². The van der Waals surface area contributed by atoms with Crippen LogP contribution in [0.2, 0.25) is 0 Å². The van der Waals surface area contributed by atoms with Gasteiger partial charge in [-0.3, -0.25) is 0 Å². The number of hydrogen-bond acceptors (Lipinski definition) is 2. The number of nitrogens with zero attached hydrogens (tertiary/aromatic N) is 1. The lowest BCUT2D eigenvalue weighted by atomic mass is 10.1. The minimum atomic E-state index is -4.49. The van der Waals surface area contributed by atoms with E-state index in [1.807, 2.05) is 0 Å². The quantitative estimate of drug-likeness (QED) is 0.758. The maximum absolute atomic E-state index is 12.6. The normalized spacial score (nSPS) is 10.9. The second kappa shape index (κ2) is 5.55. The lowest BCUT2D eigenvalue weighted by molar-refractivity contribution is -0.137. The summed E-state index contributed by atoms with van der Waals surface area (Å²) in [5, 5.41) is 8.93. The predicted molar refractivity (Wildman–Crippen MR) is 70.4 cm³/mol. The van der Waals surface area contributed by atoms with E-state index in [1.165, 1.54) is 0 Å². The zero-order chi connectivity index (χ0) is 14.8. The molecular weight excluding hydrogens is 335 g/mol. The fourth-order valence-corrected chi connectivity index (χ4v) is 1.92. The summed E-state index contributed by atoms with van der Waals surface area (Å²) in [7, 11) is 0. The van der Waals surface area contributed by atoms with E-state index in [4.69, 9.17) is 10.00 Å². The molecule has 0 unspecified atom stereocenters. The largest absolute Gasteiger partial charge is 0.456 e. The van der Waals surface area contributed by atoms with Gasteiger partial charge >= 0.3 is 6.18 Å². The molecule has 0 aromatic heterocycles. The van der Waals surface area contributed by atoms with Crippen molar-refractivity contribution in [1.29, 1.82) is 5.26 Å². The average molecular weight is 342 g/mol. The molecule has 102 valence electrons. The van der Waals surface area contributed by atoms with Gasteiger partial charge in [0.25, 0.3) is 0 Å². The topological polar surface area (TPSA) is 33.0 Å². The third kappa shape index (κ3) is 3.31. The van der Waals surface area contributed by atoms with E-state index in [-0.39, 0.29) is 11.3 Å². The van der Waals surface area contributed by atoms with E-state index in [2.05, 4.69) is 15.9 Å². The van der Waals surface area contributed by atoms with Crippen LogP contribution in [0.25, 0.3) is 0 Å². The van der Waals surface area contributed by atoms with Gasteiger partial charge < -0.3 is 4.74 Å². The van der Waals surface area contributed by atoms with Gasteiger partial charge in [-0.2, -0.15) is 18.4 Å². The van der Waals surface area contributed by atoms with Crippen molar-refractivity contribution in [2.45, 2.75) is 6.18 Å². The molecule has 0 radical (unpaired) electrons. The summed E-state index contributed by atoms with van der Waals surface area (Å²) in [5.41, 5.74) is -1.05. The highest BCUT2D eigenvalue weighted by atomic mass is 79.9. The van der Waals surface area contributed by atoms with Gasteiger partial charge in [0.15, 0.2) is 0 Å². The third-order valence-corrected chi connectivity index (χ3v) is 2.94. The van der Waals surface area contributed by atoms with Crippen LogP contribution in [-0.2, 0) is 6.18 Å². The number of hydrogen-bond donors (Lipinski definition) is 0. The van der Waals surface area contributed by atoms with E-state index in [9.17, 15) is 13.2 Å². The van der Waals surface area contributed by atoms with Crippen molar-refractivity contribution in [3.8, 4) is 17.6 Å². The van der Waals surface area contributed by atoms with Crippen LogP contribution in [0.15, 0.2) is 46.9 Å². The van der Waals surface area contributed by atoms with Crippen molar-refractivity contribution in [1.82, 2.24) is 0 Å². The molecule has 2 aromatic carbocycles. The molecule has 0 aliphatic carbocycles. The highest BCUT2D eigenvalue weighted by molar-refractivity contribution is 9.10. The predicted octanol–water partition coefficient (Wildman–Crippen LogP) is 5.13. The Bertz CT molecular complexity index is 677. The molecule has 0 bridgehead atoms. The lowest BCUT2D eigenvalue weighted by Crippen LogP contribution is -2.05. The SMILES string of the molecule is N#Cc1cc(C(F)(F)F)ccc1Oc1cccc(Br)c1. The zero-order valence-electron chi connectivity index (χ0n) is 9.91. The van der Waals surface area contributed by atoms with Crippen molar-refractivity contribution >= 4 is 15.9 Å². The molecule has 0 saturated carbocycles. The maximum Gasteiger partial charge on any atom is 0.416 e. The van der Waals surface area contributed by atoms with Gasteiger partial charge in [-0.1, -0.05) is 22.0 Å². The number of alkyl halides is 3. The molecule has 0 heterocycles. The average Bonchev–Trinajstić information content (AvgIpc) is 2.38. The van der Waals surface area contributed by atoms with Gasteiger partial charge in [0.05, 0.1) is 11.1 Å². The van der Waals surface area contributed by atoms with E-state index in [0.717, 1.165) is 22.7 Å². The summed E-state index contributed by atoms with van der Waals surface area (Å²) in [6.07, 6.45) is -4.49. The van der Waals surface area contributed by atoms with Gasteiger partial charge in [-0.15, -0.1) is 0 Å². The summed E-state index contributed by atoms with van der Waals surface area (Å²) in [4.78, 5) is 0. The van der Waals surface area contributed by atoms with Gasteiger partial charge in [0.1, 0.15) is 17.6 Å². The Morgan fingerprint density at radius 2 is 1.85 bits per heavy atom. The molecule has 2 rings (SSSR count). The van der Waals surface area contributed by atoms with Crippen LogP contribution < -0.4 is 4.74 Å². The molecule has 20 heavy (non-hydrogen) atoms. The Morgan fingerprint density at radius 3 is 2.45 bits per heavy atom. The molecule has 6 heteroatoms. The van der Waals surface area contributed by atoms with Crippen LogP contribution >= 0.6 is 15.9 Å². The van der Waals surface area contributed by atoms with E-state index >= 15 is 0 Å². The summed E-state index contributed by atoms with van der Waals surface area (Å²) >= 11 is 3.26. The summed E-state index contributed by atoms with van der Waals surface area (Å²) in [5.74, 6) is 0.509. The number of ether oxygens (including phenoxy) is 1. The smallest absolute Gasteiger partial charge is 0.416 e. The first kappa shape index (κ1) is 14.4. The molecule has 0 aliphatic heterocycles.